The molecule has 0 aliphatic rings. The first-order valence-electron chi connectivity index (χ1n) is 8.92. The van der Waals surface area contributed by atoms with Crippen molar-refractivity contribution >= 4 is 64.5 Å². The van der Waals surface area contributed by atoms with Crippen LogP contribution in [0.4, 0.5) is 0 Å². The number of rotatable bonds is 6. The summed E-state index contributed by atoms with van der Waals surface area (Å²) in [6.07, 6.45) is 1.39. The summed E-state index contributed by atoms with van der Waals surface area (Å²) in [5.41, 5.74) is 3.34. The van der Waals surface area contributed by atoms with Crippen molar-refractivity contribution in [1.82, 2.24) is 5.43 Å². The molecule has 0 fully saturated rings. The summed E-state index contributed by atoms with van der Waals surface area (Å²) < 4.78 is 10.7. The van der Waals surface area contributed by atoms with Crippen LogP contribution in [0.1, 0.15) is 26.3 Å². The van der Waals surface area contributed by atoms with Gasteiger partial charge >= 0.3 is 5.97 Å². The Morgan fingerprint density at radius 1 is 0.844 bits per heavy atom. The Hall–Kier alpha value is -2.77. The van der Waals surface area contributed by atoms with Crippen molar-refractivity contribution in [2.45, 2.75) is 0 Å². The van der Waals surface area contributed by atoms with Crippen LogP contribution in [0.2, 0.25) is 20.1 Å². The minimum atomic E-state index is -0.668. The molecule has 0 spiro atoms. The zero-order valence-corrected chi connectivity index (χ0v) is 19.4. The van der Waals surface area contributed by atoms with Crippen molar-refractivity contribution in [1.29, 1.82) is 0 Å². The van der Waals surface area contributed by atoms with Gasteiger partial charge < -0.3 is 9.47 Å². The maximum absolute atomic E-state index is 12.4. The summed E-state index contributed by atoms with van der Waals surface area (Å²) in [6.45, 7) is 0. The van der Waals surface area contributed by atoms with Gasteiger partial charge in [-0.3, -0.25) is 4.79 Å². The van der Waals surface area contributed by atoms with Gasteiger partial charge in [0.2, 0.25) is 0 Å². The van der Waals surface area contributed by atoms with Gasteiger partial charge in [0.05, 0.1) is 34.5 Å². The minimum absolute atomic E-state index is 0.160. The lowest BCUT2D eigenvalue weighted by atomic mass is 10.2. The third kappa shape index (κ3) is 5.93. The molecular weight excluding hydrogens is 498 g/mol. The fourth-order valence-corrected chi connectivity index (χ4v) is 3.54. The number of esters is 1. The predicted octanol–water partition coefficient (Wildman–Crippen LogP) is 6.29. The molecule has 0 saturated heterocycles. The van der Waals surface area contributed by atoms with Gasteiger partial charge in [-0.2, -0.15) is 5.10 Å². The highest BCUT2D eigenvalue weighted by Crippen LogP contribution is 2.30. The van der Waals surface area contributed by atoms with E-state index >= 15 is 0 Å². The average molecular weight is 512 g/mol. The summed E-state index contributed by atoms with van der Waals surface area (Å²) in [6, 6.07) is 13.7. The first-order valence-corrected chi connectivity index (χ1v) is 10.4. The van der Waals surface area contributed by atoms with E-state index in [0.29, 0.717) is 15.6 Å². The molecule has 164 valence electrons. The molecule has 0 bridgehead atoms. The van der Waals surface area contributed by atoms with E-state index in [0.717, 1.165) is 0 Å². The zero-order chi connectivity index (χ0) is 23.3. The number of hydrogen-bond donors (Lipinski definition) is 1. The van der Waals surface area contributed by atoms with E-state index in [-0.39, 0.29) is 32.7 Å². The molecule has 3 aromatic rings. The van der Waals surface area contributed by atoms with Gasteiger partial charge in [-0.1, -0.05) is 46.4 Å². The molecule has 6 nitrogen and oxygen atoms in total. The second-order valence-corrected chi connectivity index (χ2v) is 7.93. The largest absolute Gasteiger partial charge is 0.493 e. The van der Waals surface area contributed by atoms with E-state index < -0.39 is 11.9 Å². The highest BCUT2D eigenvalue weighted by atomic mass is 35.5. The summed E-state index contributed by atoms with van der Waals surface area (Å²) in [5, 5.41) is 5.10. The second kappa shape index (κ2) is 10.7. The molecular formula is C22H14Cl4N2O4. The number of amides is 1. The van der Waals surface area contributed by atoms with E-state index in [4.69, 9.17) is 55.9 Å². The van der Waals surface area contributed by atoms with E-state index in [9.17, 15) is 9.59 Å². The number of ether oxygens (including phenoxy) is 2. The van der Waals surface area contributed by atoms with E-state index in [1.165, 1.54) is 49.7 Å². The number of halogens is 4. The van der Waals surface area contributed by atoms with Crippen molar-refractivity contribution in [3.8, 4) is 11.5 Å². The molecule has 0 aliphatic heterocycles. The molecule has 1 N–H and O–H groups in total. The Balaban J connectivity index is 1.70. The molecule has 0 saturated carbocycles. The SMILES string of the molecule is COc1cc(C=NNC(=O)c2ccc(Cl)cc2Cl)ccc1OC(=O)c1ccc(Cl)cc1Cl. The van der Waals surface area contributed by atoms with Crippen molar-refractivity contribution in [3.63, 3.8) is 0 Å². The fourth-order valence-electron chi connectivity index (χ4n) is 2.56. The molecule has 32 heavy (non-hydrogen) atoms. The van der Waals surface area contributed by atoms with Crippen LogP contribution in [-0.4, -0.2) is 25.2 Å². The highest BCUT2D eigenvalue weighted by molar-refractivity contribution is 6.37. The molecule has 0 heterocycles. The Labute approximate surface area is 203 Å². The maximum Gasteiger partial charge on any atom is 0.345 e. The number of hydrazone groups is 1. The smallest absolute Gasteiger partial charge is 0.345 e. The molecule has 1 amide bonds. The third-order valence-corrected chi connectivity index (χ3v) is 5.19. The van der Waals surface area contributed by atoms with E-state index in [1.807, 2.05) is 0 Å². The van der Waals surface area contributed by atoms with Gasteiger partial charge in [-0.15, -0.1) is 0 Å². The third-order valence-electron chi connectivity index (χ3n) is 4.10. The van der Waals surface area contributed by atoms with Gasteiger partial charge in [0.15, 0.2) is 11.5 Å². The van der Waals surface area contributed by atoms with Crippen molar-refractivity contribution in [3.05, 3.63) is 91.4 Å². The molecule has 0 aliphatic carbocycles. The van der Waals surface area contributed by atoms with Crippen molar-refractivity contribution < 1.29 is 19.1 Å². The standard InChI is InChI=1S/C22H14Cl4N2O4/c1-31-20-8-12(11-27-28-21(29)15-5-3-13(23)9-17(15)25)2-7-19(20)32-22(30)16-6-4-14(24)10-18(16)26/h2-11H,1H3,(H,28,29). The fraction of sp³-hybridized carbons (Fsp3) is 0.0455. The molecule has 10 heteroatoms. The molecule has 0 atom stereocenters. The van der Waals surface area contributed by atoms with Gasteiger partial charge in [-0.25, -0.2) is 10.2 Å². The van der Waals surface area contributed by atoms with Gasteiger partial charge in [-0.05, 0) is 60.2 Å². The Morgan fingerprint density at radius 3 is 2.06 bits per heavy atom. The minimum Gasteiger partial charge on any atom is -0.493 e. The van der Waals surface area contributed by atoms with Crippen molar-refractivity contribution in [2.75, 3.05) is 7.11 Å². The zero-order valence-electron chi connectivity index (χ0n) is 16.4. The quantitative estimate of drug-likeness (QED) is 0.182. The monoisotopic (exact) mass is 510 g/mol. The van der Waals surface area contributed by atoms with Crippen LogP contribution in [0, 0.1) is 0 Å². The van der Waals surface area contributed by atoms with Crippen LogP contribution in [-0.2, 0) is 0 Å². The Kier molecular flexibility index (Phi) is 7.99. The molecule has 0 unspecified atom stereocenters. The Bertz CT molecular complexity index is 1210. The topological polar surface area (TPSA) is 77.0 Å². The molecule has 3 aromatic carbocycles. The van der Waals surface area contributed by atoms with Crippen LogP contribution in [0.5, 0.6) is 11.5 Å². The number of hydrogen-bond acceptors (Lipinski definition) is 5. The number of carbonyl (C=O) groups is 2. The number of carbonyl (C=O) groups excluding carboxylic acids is 2. The van der Waals surface area contributed by atoms with Gasteiger partial charge in [0.25, 0.3) is 5.91 Å². The van der Waals surface area contributed by atoms with Crippen molar-refractivity contribution in [2.24, 2.45) is 5.10 Å². The first kappa shape index (κ1) is 23.9. The maximum atomic E-state index is 12.4. The van der Waals surface area contributed by atoms with Crippen LogP contribution in [0.3, 0.4) is 0 Å². The van der Waals surface area contributed by atoms with Gasteiger partial charge in [0.1, 0.15) is 0 Å². The van der Waals surface area contributed by atoms with Gasteiger partial charge in [0, 0.05) is 10.0 Å². The number of nitrogens with zero attached hydrogens (tertiary/aromatic N) is 1. The molecule has 3 rings (SSSR count). The lowest BCUT2D eigenvalue weighted by Gasteiger charge is -2.10. The first-order chi connectivity index (χ1) is 15.3. The summed E-state index contributed by atoms with van der Waals surface area (Å²) in [5.74, 6) is -0.712. The van der Waals surface area contributed by atoms with Crippen LogP contribution in [0.25, 0.3) is 0 Å². The number of benzene rings is 3. The second-order valence-electron chi connectivity index (χ2n) is 6.25. The van der Waals surface area contributed by atoms with E-state index in [1.54, 1.807) is 18.2 Å². The predicted molar refractivity (Wildman–Crippen MR) is 126 cm³/mol. The molecule has 0 radical (unpaired) electrons. The number of methoxy groups -OCH3 is 1. The normalized spacial score (nSPS) is 10.8. The lowest BCUT2D eigenvalue weighted by Crippen LogP contribution is -2.18. The van der Waals surface area contributed by atoms with Crippen LogP contribution in [0.15, 0.2) is 59.7 Å². The Morgan fingerprint density at radius 2 is 1.47 bits per heavy atom. The summed E-state index contributed by atoms with van der Waals surface area (Å²) >= 11 is 23.7. The number of nitrogens with one attached hydrogen (secondary N) is 1. The van der Waals surface area contributed by atoms with Crippen LogP contribution >= 0.6 is 46.4 Å². The van der Waals surface area contributed by atoms with Crippen LogP contribution < -0.4 is 14.9 Å². The average Bonchev–Trinajstić information content (AvgIpc) is 2.74. The molecule has 0 aromatic heterocycles. The lowest BCUT2D eigenvalue weighted by molar-refractivity contribution is 0.0729. The summed E-state index contributed by atoms with van der Waals surface area (Å²) in [7, 11) is 1.42. The van der Waals surface area contributed by atoms with E-state index in [2.05, 4.69) is 10.5 Å². The highest BCUT2D eigenvalue weighted by Gasteiger charge is 2.16. The summed E-state index contributed by atoms with van der Waals surface area (Å²) in [4.78, 5) is 24.6.